The molecule has 1 aromatic heterocycles. The fourth-order valence-corrected chi connectivity index (χ4v) is 3.74. The van der Waals surface area contributed by atoms with E-state index >= 15 is 0 Å². The number of ether oxygens (including phenoxy) is 1. The molecule has 8 heteroatoms. The highest BCUT2D eigenvalue weighted by molar-refractivity contribution is 6.23. The Bertz CT molecular complexity index is 1180. The smallest absolute Gasteiger partial charge is 0.302 e. The number of hydrogen-bond donors (Lipinski definition) is 1. The summed E-state index contributed by atoms with van der Waals surface area (Å²) in [5.74, 6) is -2.53. The van der Waals surface area contributed by atoms with Crippen LogP contribution < -0.4 is 5.32 Å². The largest absolute Gasteiger partial charge is 0.460 e. The van der Waals surface area contributed by atoms with Gasteiger partial charge in [-0.05, 0) is 31.2 Å². The minimum absolute atomic E-state index is 0.201. The molecule has 3 amide bonds. The van der Waals surface area contributed by atoms with Crippen LogP contribution in [0.5, 0.6) is 0 Å². The van der Waals surface area contributed by atoms with Crippen molar-refractivity contribution in [2.75, 3.05) is 5.32 Å². The van der Waals surface area contributed by atoms with E-state index in [0.29, 0.717) is 11.2 Å². The van der Waals surface area contributed by atoms with Gasteiger partial charge in [-0.3, -0.25) is 29.1 Å². The molecular weight excluding hydrogens is 398 g/mol. The number of imide groups is 1. The maximum absolute atomic E-state index is 13.3. The van der Waals surface area contributed by atoms with E-state index in [4.69, 9.17) is 4.74 Å². The van der Waals surface area contributed by atoms with Gasteiger partial charge in [0.1, 0.15) is 6.10 Å². The predicted octanol–water partition coefficient (Wildman–Crippen LogP) is 2.79. The van der Waals surface area contributed by atoms with E-state index in [0.717, 1.165) is 10.3 Å². The van der Waals surface area contributed by atoms with E-state index < -0.39 is 35.8 Å². The van der Waals surface area contributed by atoms with Crippen LogP contribution in [0.25, 0.3) is 10.9 Å². The first kappa shape index (κ1) is 20.2. The highest BCUT2D eigenvalue weighted by Crippen LogP contribution is 2.28. The SMILES string of the molecule is CC(=O)O[C@@H](C)[C@@H](C(=O)Nc1cccc2cccnc12)N1C(=O)c2ccccc2C1=O. The molecular formula is C23H19N3O5. The zero-order valence-electron chi connectivity index (χ0n) is 16.9. The van der Waals surface area contributed by atoms with E-state index in [-0.39, 0.29) is 11.1 Å². The average Bonchev–Trinajstić information content (AvgIpc) is 2.99. The molecule has 0 aliphatic carbocycles. The molecule has 0 radical (unpaired) electrons. The van der Waals surface area contributed by atoms with Gasteiger partial charge in [-0.2, -0.15) is 0 Å². The predicted molar refractivity (Wildman–Crippen MR) is 112 cm³/mol. The first-order valence-corrected chi connectivity index (χ1v) is 9.67. The molecule has 0 fully saturated rings. The molecule has 1 N–H and O–H groups in total. The molecule has 2 atom stereocenters. The Balaban J connectivity index is 1.72. The van der Waals surface area contributed by atoms with Crippen molar-refractivity contribution >= 4 is 40.3 Å². The van der Waals surface area contributed by atoms with E-state index in [2.05, 4.69) is 10.3 Å². The number of carbonyl (C=O) groups is 4. The Hall–Kier alpha value is -4.07. The molecule has 31 heavy (non-hydrogen) atoms. The van der Waals surface area contributed by atoms with E-state index in [1.807, 2.05) is 12.1 Å². The zero-order valence-corrected chi connectivity index (χ0v) is 16.9. The Kier molecular flexibility index (Phi) is 5.21. The van der Waals surface area contributed by atoms with E-state index in [1.165, 1.54) is 26.0 Å². The second-order valence-electron chi connectivity index (χ2n) is 7.16. The summed E-state index contributed by atoms with van der Waals surface area (Å²) in [6.45, 7) is 2.67. The number of nitrogens with one attached hydrogen (secondary N) is 1. The maximum atomic E-state index is 13.3. The zero-order chi connectivity index (χ0) is 22.1. The third-order valence-corrected chi connectivity index (χ3v) is 5.06. The number of esters is 1. The van der Waals surface area contributed by atoms with Gasteiger partial charge in [0.2, 0.25) is 0 Å². The van der Waals surface area contributed by atoms with E-state index in [1.54, 1.807) is 36.5 Å². The summed E-state index contributed by atoms with van der Waals surface area (Å²) in [4.78, 5) is 56.0. The topological polar surface area (TPSA) is 106 Å². The second-order valence-corrected chi connectivity index (χ2v) is 7.16. The Morgan fingerprint density at radius 3 is 2.26 bits per heavy atom. The summed E-state index contributed by atoms with van der Waals surface area (Å²) >= 11 is 0. The molecule has 1 aliphatic heterocycles. The molecule has 8 nitrogen and oxygen atoms in total. The van der Waals surface area contributed by atoms with Crippen LogP contribution in [0.3, 0.4) is 0 Å². The number of anilines is 1. The number of para-hydroxylation sites is 1. The molecule has 3 aromatic rings. The van der Waals surface area contributed by atoms with Crippen molar-refractivity contribution in [2.45, 2.75) is 26.0 Å². The van der Waals surface area contributed by atoms with Crippen molar-refractivity contribution in [2.24, 2.45) is 0 Å². The van der Waals surface area contributed by atoms with Crippen LogP contribution in [0.4, 0.5) is 5.69 Å². The third kappa shape index (κ3) is 3.63. The molecule has 0 unspecified atom stereocenters. The number of benzene rings is 2. The quantitative estimate of drug-likeness (QED) is 0.506. The van der Waals surface area contributed by atoms with Gasteiger partial charge in [-0.15, -0.1) is 0 Å². The normalized spacial score (nSPS) is 14.8. The number of nitrogens with zero attached hydrogens (tertiary/aromatic N) is 2. The van der Waals surface area contributed by atoms with Crippen molar-refractivity contribution in [3.8, 4) is 0 Å². The first-order chi connectivity index (χ1) is 14.9. The standard InChI is InChI=1S/C23H19N3O5/c1-13(31-14(2)27)20(26-22(29)16-9-3-4-10-17(16)23(26)30)21(28)25-18-11-5-7-15-8-6-12-24-19(15)18/h3-13,20H,1-2H3,(H,25,28)/t13-,20-/m0/s1. The highest BCUT2D eigenvalue weighted by Gasteiger charge is 2.46. The van der Waals surface area contributed by atoms with Gasteiger partial charge in [0.25, 0.3) is 17.7 Å². The van der Waals surface area contributed by atoms with Crippen LogP contribution in [-0.4, -0.2) is 45.7 Å². The van der Waals surface area contributed by atoms with Crippen LogP contribution in [-0.2, 0) is 14.3 Å². The van der Waals surface area contributed by atoms with Gasteiger partial charge in [-0.1, -0.05) is 30.3 Å². The summed E-state index contributed by atoms with van der Waals surface area (Å²) in [6, 6.07) is 13.9. The van der Waals surface area contributed by atoms with Gasteiger partial charge in [0, 0.05) is 18.5 Å². The van der Waals surface area contributed by atoms with E-state index in [9.17, 15) is 19.2 Å². The van der Waals surface area contributed by atoms with Crippen molar-refractivity contribution < 1.29 is 23.9 Å². The van der Waals surface area contributed by atoms with Crippen LogP contribution >= 0.6 is 0 Å². The van der Waals surface area contributed by atoms with Crippen LogP contribution in [0, 0.1) is 0 Å². The van der Waals surface area contributed by atoms with Crippen molar-refractivity contribution in [3.63, 3.8) is 0 Å². The lowest BCUT2D eigenvalue weighted by Crippen LogP contribution is -2.53. The molecule has 2 heterocycles. The number of rotatable bonds is 5. The fourth-order valence-electron chi connectivity index (χ4n) is 3.74. The third-order valence-electron chi connectivity index (χ3n) is 5.06. The summed E-state index contributed by atoms with van der Waals surface area (Å²) < 4.78 is 5.21. The Morgan fingerprint density at radius 1 is 0.968 bits per heavy atom. The fraction of sp³-hybridized carbons (Fsp3) is 0.174. The number of hydrogen-bond acceptors (Lipinski definition) is 6. The van der Waals surface area contributed by atoms with Crippen LogP contribution in [0.1, 0.15) is 34.6 Å². The summed E-state index contributed by atoms with van der Waals surface area (Å²) in [5.41, 5.74) is 1.37. The number of fused-ring (bicyclic) bond motifs is 2. The summed E-state index contributed by atoms with van der Waals surface area (Å²) in [6.07, 6.45) is 0.531. The molecule has 0 bridgehead atoms. The lowest BCUT2D eigenvalue weighted by atomic mass is 10.1. The van der Waals surface area contributed by atoms with Gasteiger partial charge in [0.05, 0.1) is 22.3 Å². The lowest BCUT2D eigenvalue weighted by molar-refractivity contribution is -0.149. The second kappa shape index (κ2) is 7.98. The lowest BCUT2D eigenvalue weighted by Gasteiger charge is -2.29. The highest BCUT2D eigenvalue weighted by atomic mass is 16.5. The van der Waals surface area contributed by atoms with Crippen LogP contribution in [0.2, 0.25) is 0 Å². The molecule has 0 saturated carbocycles. The van der Waals surface area contributed by atoms with Crippen molar-refractivity contribution in [3.05, 3.63) is 71.9 Å². The first-order valence-electron chi connectivity index (χ1n) is 9.67. The Labute approximate surface area is 177 Å². The number of aromatic nitrogens is 1. The van der Waals surface area contributed by atoms with Gasteiger partial charge >= 0.3 is 5.97 Å². The van der Waals surface area contributed by atoms with Gasteiger partial charge in [-0.25, -0.2) is 0 Å². The number of amides is 3. The minimum atomic E-state index is -1.37. The van der Waals surface area contributed by atoms with Gasteiger partial charge in [0.15, 0.2) is 6.04 Å². The molecule has 2 aromatic carbocycles. The average molecular weight is 417 g/mol. The molecule has 0 saturated heterocycles. The van der Waals surface area contributed by atoms with Crippen LogP contribution in [0.15, 0.2) is 60.8 Å². The molecule has 4 rings (SSSR count). The summed E-state index contributed by atoms with van der Waals surface area (Å²) in [7, 11) is 0. The Morgan fingerprint density at radius 2 is 1.61 bits per heavy atom. The molecule has 1 aliphatic rings. The van der Waals surface area contributed by atoms with Crippen molar-refractivity contribution in [1.82, 2.24) is 9.88 Å². The van der Waals surface area contributed by atoms with Crippen molar-refractivity contribution in [1.29, 1.82) is 0 Å². The summed E-state index contributed by atoms with van der Waals surface area (Å²) in [5, 5.41) is 3.56. The maximum Gasteiger partial charge on any atom is 0.302 e. The monoisotopic (exact) mass is 417 g/mol. The number of carbonyl (C=O) groups excluding carboxylic acids is 4. The molecule has 156 valence electrons. The number of pyridine rings is 1. The minimum Gasteiger partial charge on any atom is -0.460 e. The van der Waals surface area contributed by atoms with Gasteiger partial charge < -0.3 is 10.1 Å². The molecule has 0 spiro atoms.